The monoisotopic (exact) mass is 504 g/mol. The second kappa shape index (κ2) is 10.1. The molecule has 0 aliphatic carbocycles. The zero-order valence-electron chi connectivity index (χ0n) is 18.2. The Morgan fingerprint density at radius 1 is 1.12 bits per heavy atom. The van der Waals surface area contributed by atoms with Gasteiger partial charge >= 0.3 is 0 Å². The maximum Gasteiger partial charge on any atom is 0.263 e. The number of rotatable bonds is 7. The Morgan fingerprint density at radius 3 is 2.58 bits per heavy atom. The highest BCUT2D eigenvalue weighted by molar-refractivity contribution is 7.93. The van der Waals surface area contributed by atoms with Crippen LogP contribution in [0.3, 0.4) is 0 Å². The highest BCUT2D eigenvalue weighted by Crippen LogP contribution is 2.26. The van der Waals surface area contributed by atoms with Crippen molar-refractivity contribution in [1.82, 2.24) is 9.88 Å². The molecule has 0 saturated carbocycles. The fourth-order valence-electron chi connectivity index (χ4n) is 3.76. The molecule has 4 rings (SSSR count). The first kappa shape index (κ1) is 23.5. The summed E-state index contributed by atoms with van der Waals surface area (Å²) >= 11 is 7.36. The van der Waals surface area contributed by atoms with E-state index in [1.54, 1.807) is 23.6 Å². The number of sulfonamides is 1. The van der Waals surface area contributed by atoms with Crippen LogP contribution in [0.1, 0.15) is 17.7 Å². The fraction of sp³-hybridized carbons (Fsp3) is 0.304. The van der Waals surface area contributed by atoms with Crippen molar-refractivity contribution in [3.8, 4) is 0 Å². The van der Waals surface area contributed by atoms with E-state index in [1.807, 2.05) is 23.1 Å². The first-order chi connectivity index (χ1) is 15.8. The van der Waals surface area contributed by atoms with Gasteiger partial charge in [-0.1, -0.05) is 35.9 Å². The van der Waals surface area contributed by atoms with Gasteiger partial charge in [-0.2, -0.15) is 0 Å². The van der Waals surface area contributed by atoms with Gasteiger partial charge in [0, 0.05) is 48.7 Å². The molecule has 1 aromatic heterocycles. The summed E-state index contributed by atoms with van der Waals surface area (Å²) in [6.45, 7) is 4.89. The molecule has 1 N–H and O–H groups in total. The molecule has 0 spiro atoms. The third-order valence-electron chi connectivity index (χ3n) is 5.57. The summed E-state index contributed by atoms with van der Waals surface area (Å²) in [6, 6.07) is 14.0. The van der Waals surface area contributed by atoms with Gasteiger partial charge in [0.25, 0.3) is 10.0 Å². The van der Waals surface area contributed by atoms with E-state index in [-0.39, 0.29) is 10.8 Å². The minimum atomic E-state index is -3.67. The maximum atomic E-state index is 12.7. The second-order valence-electron chi connectivity index (χ2n) is 7.86. The molecule has 10 heteroatoms. The normalized spacial score (nSPS) is 14.4. The molecule has 0 radical (unpaired) electrons. The summed E-state index contributed by atoms with van der Waals surface area (Å²) in [5, 5.41) is 2.80. The lowest BCUT2D eigenvalue weighted by Crippen LogP contribution is -2.49. The van der Waals surface area contributed by atoms with E-state index in [4.69, 9.17) is 11.6 Å². The standard InChI is InChI=1S/C23H25ClN4O3S2/c1-17-7-8-18(24)15-21(17)27-11-13-28(14-12-27)22(29)10-9-19-16-32-23(25-19)26-33(30,31)20-5-3-2-4-6-20/h2-8,15-16H,9-14H2,1H3,(H,25,26). The number of aryl methyl sites for hydroxylation is 2. The van der Waals surface area contributed by atoms with Crippen molar-refractivity contribution in [3.63, 3.8) is 0 Å². The van der Waals surface area contributed by atoms with Crippen molar-refractivity contribution < 1.29 is 13.2 Å². The molecule has 33 heavy (non-hydrogen) atoms. The summed E-state index contributed by atoms with van der Waals surface area (Å²) < 4.78 is 27.4. The summed E-state index contributed by atoms with van der Waals surface area (Å²) in [4.78, 5) is 21.4. The Labute approximate surface area is 203 Å². The van der Waals surface area contributed by atoms with Crippen molar-refractivity contribution in [2.24, 2.45) is 0 Å². The SMILES string of the molecule is Cc1ccc(Cl)cc1N1CCN(C(=O)CCc2csc(NS(=O)(=O)c3ccccc3)n2)CC1. The van der Waals surface area contributed by atoms with Gasteiger partial charge in [0.05, 0.1) is 10.6 Å². The number of amides is 1. The molecule has 1 saturated heterocycles. The first-order valence-electron chi connectivity index (χ1n) is 10.6. The first-order valence-corrected chi connectivity index (χ1v) is 13.4. The molecule has 0 bridgehead atoms. The minimum absolute atomic E-state index is 0.0804. The van der Waals surface area contributed by atoms with Crippen LogP contribution in [0.4, 0.5) is 10.8 Å². The van der Waals surface area contributed by atoms with E-state index in [1.165, 1.54) is 29.0 Å². The van der Waals surface area contributed by atoms with Gasteiger partial charge in [0.15, 0.2) is 5.13 Å². The van der Waals surface area contributed by atoms with Gasteiger partial charge < -0.3 is 9.80 Å². The number of nitrogens with one attached hydrogen (secondary N) is 1. The number of nitrogens with zero attached hydrogens (tertiary/aromatic N) is 3. The number of anilines is 2. The van der Waals surface area contributed by atoms with Gasteiger partial charge in [0.1, 0.15) is 0 Å². The quantitative estimate of drug-likeness (QED) is 0.521. The molecular weight excluding hydrogens is 480 g/mol. The smallest absolute Gasteiger partial charge is 0.263 e. The van der Waals surface area contributed by atoms with Crippen LogP contribution in [-0.4, -0.2) is 50.4 Å². The van der Waals surface area contributed by atoms with Crippen LogP contribution in [0.5, 0.6) is 0 Å². The van der Waals surface area contributed by atoms with Crippen molar-refractivity contribution >= 4 is 49.7 Å². The molecule has 3 aromatic rings. The summed E-state index contributed by atoms with van der Waals surface area (Å²) in [5.74, 6) is 0.0804. The molecule has 0 unspecified atom stereocenters. The van der Waals surface area contributed by atoms with Crippen LogP contribution in [0.15, 0.2) is 58.8 Å². The lowest BCUT2D eigenvalue weighted by atomic mass is 10.1. The van der Waals surface area contributed by atoms with E-state index in [0.29, 0.717) is 41.8 Å². The van der Waals surface area contributed by atoms with Crippen molar-refractivity contribution in [1.29, 1.82) is 0 Å². The Balaban J connectivity index is 1.28. The van der Waals surface area contributed by atoms with E-state index in [0.717, 1.165) is 18.8 Å². The van der Waals surface area contributed by atoms with Crippen LogP contribution in [-0.2, 0) is 21.2 Å². The second-order valence-corrected chi connectivity index (χ2v) is 10.8. The number of halogens is 1. The van der Waals surface area contributed by atoms with Crippen LogP contribution in [0, 0.1) is 6.92 Å². The molecule has 0 atom stereocenters. The molecule has 1 aliphatic heterocycles. The number of benzene rings is 2. The van der Waals surface area contributed by atoms with Crippen LogP contribution >= 0.6 is 22.9 Å². The van der Waals surface area contributed by atoms with Crippen LogP contribution in [0.25, 0.3) is 0 Å². The number of carbonyl (C=O) groups is 1. The zero-order chi connectivity index (χ0) is 23.4. The Hall–Kier alpha value is -2.62. The molecule has 1 aliphatic rings. The predicted molar refractivity (Wildman–Crippen MR) is 133 cm³/mol. The number of hydrogen-bond acceptors (Lipinski definition) is 6. The topological polar surface area (TPSA) is 82.6 Å². The van der Waals surface area contributed by atoms with E-state index in [2.05, 4.69) is 21.5 Å². The van der Waals surface area contributed by atoms with Gasteiger partial charge in [-0.05, 0) is 43.2 Å². The lowest BCUT2D eigenvalue weighted by Gasteiger charge is -2.37. The molecule has 1 amide bonds. The van der Waals surface area contributed by atoms with Gasteiger partial charge in [-0.3, -0.25) is 9.52 Å². The number of aromatic nitrogens is 1. The lowest BCUT2D eigenvalue weighted by molar-refractivity contribution is -0.131. The van der Waals surface area contributed by atoms with Gasteiger partial charge in [-0.25, -0.2) is 13.4 Å². The van der Waals surface area contributed by atoms with Gasteiger partial charge in [-0.15, -0.1) is 11.3 Å². The van der Waals surface area contributed by atoms with Crippen LogP contribution < -0.4 is 9.62 Å². The molecular formula is C23H25ClN4O3S2. The Bertz CT molecular complexity index is 1220. The number of piperazine rings is 1. The Kier molecular flexibility index (Phi) is 7.21. The molecule has 2 heterocycles. The highest BCUT2D eigenvalue weighted by Gasteiger charge is 2.22. The summed E-state index contributed by atoms with van der Waals surface area (Å²) in [5.41, 5.74) is 2.98. The number of carbonyl (C=O) groups excluding carboxylic acids is 1. The predicted octanol–water partition coefficient (Wildman–Crippen LogP) is 4.19. The summed E-state index contributed by atoms with van der Waals surface area (Å²) in [6.07, 6.45) is 0.806. The molecule has 1 fully saturated rings. The molecule has 174 valence electrons. The fourth-order valence-corrected chi connectivity index (χ4v) is 5.94. The van der Waals surface area contributed by atoms with Crippen molar-refractivity contribution in [3.05, 3.63) is 70.2 Å². The van der Waals surface area contributed by atoms with Crippen molar-refractivity contribution in [2.45, 2.75) is 24.7 Å². The zero-order valence-corrected chi connectivity index (χ0v) is 20.6. The summed E-state index contributed by atoms with van der Waals surface area (Å²) in [7, 11) is -3.67. The van der Waals surface area contributed by atoms with Crippen LogP contribution in [0.2, 0.25) is 5.02 Å². The highest BCUT2D eigenvalue weighted by atomic mass is 35.5. The average molecular weight is 505 g/mol. The average Bonchev–Trinajstić information content (AvgIpc) is 3.26. The van der Waals surface area contributed by atoms with Gasteiger partial charge in [0.2, 0.25) is 5.91 Å². The van der Waals surface area contributed by atoms with Crippen molar-refractivity contribution in [2.75, 3.05) is 35.8 Å². The minimum Gasteiger partial charge on any atom is -0.368 e. The maximum absolute atomic E-state index is 12.7. The third-order valence-corrected chi connectivity index (χ3v) is 8.09. The molecule has 2 aromatic carbocycles. The third kappa shape index (κ3) is 5.85. The van der Waals surface area contributed by atoms with E-state index < -0.39 is 10.0 Å². The van der Waals surface area contributed by atoms with E-state index >= 15 is 0 Å². The number of thiazole rings is 1. The molecule has 7 nitrogen and oxygen atoms in total. The number of hydrogen-bond donors (Lipinski definition) is 1. The van der Waals surface area contributed by atoms with E-state index in [9.17, 15) is 13.2 Å². The largest absolute Gasteiger partial charge is 0.368 e. The Morgan fingerprint density at radius 2 is 1.85 bits per heavy atom.